The van der Waals surface area contributed by atoms with Crippen LogP contribution in [0.1, 0.15) is 20.7 Å². The molecule has 0 saturated carbocycles. The smallest absolute Gasteiger partial charge is 0.335 e. The first-order chi connectivity index (χ1) is 13.9. The molecule has 0 atom stereocenters. The van der Waals surface area contributed by atoms with Gasteiger partial charge in [-0.1, -0.05) is 11.8 Å². The zero-order chi connectivity index (χ0) is 20.8. The number of non-ortho nitro benzene ring substituents is 1. The number of carboxylic acids is 1. The van der Waals surface area contributed by atoms with Gasteiger partial charge in [0.15, 0.2) is 10.9 Å². The summed E-state index contributed by atoms with van der Waals surface area (Å²) < 4.78 is 0. The Hall–Kier alpha value is -3.79. The van der Waals surface area contributed by atoms with E-state index in [2.05, 4.69) is 15.3 Å². The summed E-state index contributed by atoms with van der Waals surface area (Å²) in [6.45, 7) is 0. The summed E-state index contributed by atoms with van der Waals surface area (Å²) in [5.74, 6) is -0.631. The Morgan fingerprint density at radius 1 is 1.03 bits per heavy atom. The Balaban J connectivity index is 1.61. The lowest BCUT2D eigenvalue weighted by Gasteiger charge is -2.07. The van der Waals surface area contributed by atoms with E-state index in [0.717, 1.165) is 11.8 Å². The molecule has 9 nitrogen and oxygen atoms in total. The van der Waals surface area contributed by atoms with Crippen LogP contribution in [0.15, 0.2) is 66.0 Å². The van der Waals surface area contributed by atoms with Crippen LogP contribution in [0.5, 0.6) is 0 Å². The average Bonchev–Trinajstić information content (AvgIpc) is 2.73. The van der Waals surface area contributed by atoms with E-state index in [-0.39, 0.29) is 22.8 Å². The van der Waals surface area contributed by atoms with E-state index < -0.39 is 10.9 Å². The second-order valence-corrected chi connectivity index (χ2v) is 6.69. The van der Waals surface area contributed by atoms with Crippen molar-refractivity contribution < 1.29 is 19.6 Å². The number of carbonyl (C=O) groups excluding carboxylic acids is 1. The largest absolute Gasteiger partial charge is 0.478 e. The fraction of sp³-hybridized carbons (Fsp3) is 0.0526. The average molecular weight is 410 g/mol. The van der Waals surface area contributed by atoms with E-state index in [4.69, 9.17) is 5.11 Å². The number of Topliss-reactive ketones (excluding diaryl/α,β-unsaturated/α-hetero) is 1. The zero-order valence-corrected chi connectivity index (χ0v) is 15.6. The number of benzene rings is 2. The lowest BCUT2D eigenvalue weighted by atomic mass is 10.1. The summed E-state index contributed by atoms with van der Waals surface area (Å²) in [7, 11) is 0. The van der Waals surface area contributed by atoms with Gasteiger partial charge in [0.25, 0.3) is 5.69 Å². The Kier molecular flexibility index (Phi) is 6.15. The van der Waals surface area contributed by atoms with Crippen molar-refractivity contribution >= 4 is 40.7 Å². The molecule has 1 heterocycles. The van der Waals surface area contributed by atoms with Crippen LogP contribution in [0.3, 0.4) is 0 Å². The number of nitro benzene ring substituents is 1. The van der Waals surface area contributed by atoms with Crippen molar-refractivity contribution in [1.82, 2.24) is 9.97 Å². The zero-order valence-electron chi connectivity index (χ0n) is 14.8. The molecule has 0 amide bonds. The van der Waals surface area contributed by atoms with Crippen molar-refractivity contribution in [2.75, 3.05) is 11.1 Å². The van der Waals surface area contributed by atoms with E-state index in [1.807, 2.05) is 0 Å². The number of anilines is 2. The van der Waals surface area contributed by atoms with Gasteiger partial charge >= 0.3 is 5.97 Å². The molecule has 0 aliphatic rings. The molecule has 29 heavy (non-hydrogen) atoms. The number of hydrogen-bond acceptors (Lipinski definition) is 8. The molecule has 0 bridgehead atoms. The van der Waals surface area contributed by atoms with E-state index in [0.29, 0.717) is 22.2 Å². The summed E-state index contributed by atoms with van der Waals surface area (Å²) in [5, 5.41) is 23.0. The third-order valence-electron chi connectivity index (χ3n) is 3.77. The quantitative estimate of drug-likeness (QED) is 0.187. The number of aromatic carboxylic acids is 1. The number of nitrogens with one attached hydrogen (secondary N) is 1. The number of thioether (sulfide) groups is 1. The molecule has 3 rings (SSSR count). The van der Waals surface area contributed by atoms with Crippen LogP contribution in [0.4, 0.5) is 17.2 Å². The molecule has 146 valence electrons. The lowest BCUT2D eigenvalue weighted by molar-refractivity contribution is -0.384. The molecule has 0 fully saturated rings. The Morgan fingerprint density at radius 3 is 2.31 bits per heavy atom. The molecule has 0 radical (unpaired) electrons. The molecule has 0 aliphatic carbocycles. The number of hydrogen-bond donors (Lipinski definition) is 2. The van der Waals surface area contributed by atoms with Gasteiger partial charge < -0.3 is 10.4 Å². The van der Waals surface area contributed by atoms with Crippen LogP contribution in [-0.2, 0) is 0 Å². The number of aromatic nitrogens is 2. The molecule has 3 aromatic rings. The molecule has 2 N–H and O–H groups in total. The first-order valence-electron chi connectivity index (χ1n) is 8.26. The Bertz CT molecular complexity index is 1050. The van der Waals surface area contributed by atoms with Gasteiger partial charge in [-0.15, -0.1) is 0 Å². The SMILES string of the molecule is O=C(O)c1ccc(Nc2ccnc(SCC(=O)c3ccc([N+](=O)[O-])cc3)n2)cc1. The number of nitro groups is 1. The van der Waals surface area contributed by atoms with Crippen molar-refractivity contribution in [3.8, 4) is 0 Å². The number of carbonyl (C=O) groups is 2. The van der Waals surface area contributed by atoms with Crippen molar-refractivity contribution in [3.05, 3.63) is 82.0 Å². The van der Waals surface area contributed by atoms with Crippen molar-refractivity contribution in [1.29, 1.82) is 0 Å². The minimum Gasteiger partial charge on any atom is -0.478 e. The van der Waals surface area contributed by atoms with Crippen LogP contribution in [0.2, 0.25) is 0 Å². The van der Waals surface area contributed by atoms with Crippen molar-refractivity contribution in [2.45, 2.75) is 5.16 Å². The highest BCUT2D eigenvalue weighted by Crippen LogP contribution is 2.20. The fourth-order valence-electron chi connectivity index (χ4n) is 2.31. The molecule has 0 aliphatic heterocycles. The van der Waals surface area contributed by atoms with Gasteiger partial charge in [0.05, 0.1) is 16.2 Å². The van der Waals surface area contributed by atoms with Gasteiger partial charge in [-0.25, -0.2) is 14.8 Å². The van der Waals surface area contributed by atoms with E-state index in [1.165, 1.54) is 36.4 Å². The second kappa shape index (κ2) is 8.93. The first kappa shape index (κ1) is 20.0. The summed E-state index contributed by atoms with van der Waals surface area (Å²) in [5.41, 5.74) is 1.13. The molecule has 0 spiro atoms. The molecule has 0 saturated heterocycles. The predicted octanol–water partition coefficient (Wildman–Crippen LogP) is 3.80. The fourth-order valence-corrected chi connectivity index (χ4v) is 3.03. The van der Waals surface area contributed by atoms with Gasteiger partial charge in [0.1, 0.15) is 5.82 Å². The highest BCUT2D eigenvalue weighted by atomic mass is 32.2. The molecule has 0 unspecified atom stereocenters. The maximum absolute atomic E-state index is 12.3. The lowest BCUT2D eigenvalue weighted by Crippen LogP contribution is -2.04. The number of ketones is 1. The standard InChI is InChI=1S/C19H14N4O5S/c24-16(12-3-7-15(8-4-12)23(27)28)11-29-19-20-10-9-17(22-19)21-14-5-1-13(2-6-14)18(25)26/h1-10H,11H2,(H,25,26)(H,20,21,22). The van der Waals surface area contributed by atoms with Crippen molar-refractivity contribution in [2.24, 2.45) is 0 Å². The van der Waals surface area contributed by atoms with Gasteiger partial charge in [-0.05, 0) is 42.5 Å². The van der Waals surface area contributed by atoms with Gasteiger partial charge in [-0.2, -0.15) is 0 Å². The van der Waals surface area contributed by atoms with Crippen molar-refractivity contribution in [3.63, 3.8) is 0 Å². The highest BCUT2D eigenvalue weighted by Gasteiger charge is 2.11. The van der Waals surface area contributed by atoms with Crippen LogP contribution in [0.25, 0.3) is 0 Å². The third kappa shape index (κ3) is 5.36. The van der Waals surface area contributed by atoms with Crippen LogP contribution in [-0.4, -0.2) is 37.5 Å². The maximum atomic E-state index is 12.3. The minimum atomic E-state index is -1.00. The van der Waals surface area contributed by atoms with Gasteiger partial charge in [0.2, 0.25) is 0 Å². The number of rotatable bonds is 8. The van der Waals surface area contributed by atoms with Crippen LogP contribution in [0, 0.1) is 10.1 Å². The molecule has 2 aromatic carbocycles. The monoisotopic (exact) mass is 410 g/mol. The van der Waals surface area contributed by atoms with E-state index in [9.17, 15) is 19.7 Å². The van der Waals surface area contributed by atoms with Crippen LogP contribution < -0.4 is 5.32 Å². The number of carboxylic acid groups (broad SMARTS) is 1. The first-order valence-corrected chi connectivity index (χ1v) is 9.25. The van der Waals surface area contributed by atoms with Crippen LogP contribution >= 0.6 is 11.8 Å². The predicted molar refractivity (Wildman–Crippen MR) is 107 cm³/mol. The molecular formula is C19H14N4O5S. The molecule has 10 heteroatoms. The van der Waals surface area contributed by atoms with Gasteiger partial charge in [0, 0.05) is 29.6 Å². The maximum Gasteiger partial charge on any atom is 0.335 e. The highest BCUT2D eigenvalue weighted by molar-refractivity contribution is 7.99. The summed E-state index contributed by atoms with van der Waals surface area (Å²) in [6, 6.07) is 13.2. The summed E-state index contributed by atoms with van der Waals surface area (Å²) >= 11 is 1.14. The Morgan fingerprint density at radius 2 is 1.69 bits per heavy atom. The topological polar surface area (TPSA) is 135 Å². The Labute approximate surface area is 169 Å². The van der Waals surface area contributed by atoms with E-state index >= 15 is 0 Å². The van der Waals surface area contributed by atoms with E-state index in [1.54, 1.807) is 24.4 Å². The summed E-state index contributed by atoms with van der Waals surface area (Å²) in [4.78, 5) is 41.7. The van der Waals surface area contributed by atoms with Gasteiger partial charge in [-0.3, -0.25) is 14.9 Å². The number of nitrogens with zero attached hydrogens (tertiary/aromatic N) is 3. The normalized spacial score (nSPS) is 10.3. The molecular weight excluding hydrogens is 396 g/mol. The molecule has 1 aromatic heterocycles. The second-order valence-electron chi connectivity index (χ2n) is 5.75. The summed E-state index contributed by atoms with van der Waals surface area (Å²) in [6.07, 6.45) is 1.54. The third-order valence-corrected chi connectivity index (χ3v) is 4.63. The minimum absolute atomic E-state index is 0.0762.